The van der Waals surface area contributed by atoms with Gasteiger partial charge in [-0.2, -0.15) is 4.39 Å². The number of halogens is 1. The minimum Gasteiger partial charge on any atom is -0.469 e. The molecule has 242 valence electrons. The zero-order chi connectivity index (χ0) is 33.6. The second-order valence-corrected chi connectivity index (χ2v) is 11.1. The Kier molecular flexibility index (Phi) is 15.3. The second kappa shape index (κ2) is 17.8. The summed E-state index contributed by atoms with van der Waals surface area (Å²) in [7, 11) is 5.27. The van der Waals surface area contributed by atoms with Crippen molar-refractivity contribution in [1.82, 2.24) is 0 Å². The summed E-state index contributed by atoms with van der Waals surface area (Å²) in [5, 5.41) is 0. The van der Waals surface area contributed by atoms with Gasteiger partial charge in [0.05, 0.1) is 39.8 Å². The van der Waals surface area contributed by atoms with E-state index in [4.69, 9.17) is 14.2 Å². The van der Waals surface area contributed by atoms with Gasteiger partial charge in [-0.15, -0.1) is 6.42 Å². The van der Waals surface area contributed by atoms with E-state index in [9.17, 15) is 28.4 Å². The second-order valence-electron chi connectivity index (χ2n) is 11.1. The van der Waals surface area contributed by atoms with E-state index in [1.54, 1.807) is 5.92 Å². The van der Waals surface area contributed by atoms with Crippen LogP contribution in [-0.4, -0.2) is 64.4 Å². The highest BCUT2D eigenvalue weighted by atomic mass is 19.1. The molecule has 0 spiro atoms. The summed E-state index contributed by atoms with van der Waals surface area (Å²) in [4.78, 5) is 52.6. The third kappa shape index (κ3) is 10.8. The van der Waals surface area contributed by atoms with Crippen LogP contribution in [0, 0.1) is 47.3 Å². The first-order chi connectivity index (χ1) is 20.7. The molecule has 0 aromatic rings. The van der Waals surface area contributed by atoms with Gasteiger partial charge < -0.3 is 23.7 Å². The molecule has 44 heavy (non-hydrogen) atoms. The maximum atomic E-state index is 11.5. The largest absolute Gasteiger partial charge is 0.469 e. The van der Waals surface area contributed by atoms with Gasteiger partial charge in [0, 0.05) is 17.9 Å². The van der Waals surface area contributed by atoms with E-state index >= 15 is 0 Å². The first kappa shape index (κ1) is 37.8. The van der Waals surface area contributed by atoms with Gasteiger partial charge in [-0.1, -0.05) is 37.5 Å². The maximum absolute atomic E-state index is 11.5. The fourth-order valence-electron chi connectivity index (χ4n) is 5.67. The van der Waals surface area contributed by atoms with Crippen LogP contribution in [0.3, 0.4) is 0 Å². The van der Waals surface area contributed by atoms with E-state index in [0.29, 0.717) is 35.7 Å². The highest BCUT2D eigenvalue weighted by Crippen LogP contribution is 2.52. The molecule has 11 heteroatoms. The van der Waals surface area contributed by atoms with Crippen molar-refractivity contribution in [3.63, 3.8) is 0 Å². The highest BCUT2D eigenvalue weighted by Gasteiger charge is 2.50. The SMILES string of the molecule is C#CC(=O)OC.C=C(F)C(=O)OC.C=C1CC(C)OC1=O.COC(=O)C1(C)CC2C=CC1C2.COC(=O)C1CC2C=CC1C2. The molecule has 2 saturated carbocycles. The van der Waals surface area contributed by atoms with Crippen molar-refractivity contribution < 1.29 is 52.0 Å². The van der Waals surface area contributed by atoms with Gasteiger partial charge >= 0.3 is 29.8 Å². The number of esters is 5. The van der Waals surface area contributed by atoms with Crippen LogP contribution >= 0.6 is 0 Å². The topological polar surface area (TPSA) is 132 Å². The molecule has 7 atom stereocenters. The zero-order valence-electron chi connectivity index (χ0n) is 26.3. The Bertz CT molecular complexity index is 1180. The Morgan fingerprint density at radius 2 is 1.61 bits per heavy atom. The first-order valence-electron chi connectivity index (χ1n) is 14.1. The Labute approximate surface area is 258 Å². The molecule has 0 N–H and O–H groups in total. The molecule has 0 amide bonds. The van der Waals surface area contributed by atoms with Crippen LogP contribution in [0.15, 0.2) is 48.9 Å². The lowest BCUT2D eigenvalue weighted by Crippen LogP contribution is -2.32. The van der Waals surface area contributed by atoms with Gasteiger partial charge in [-0.3, -0.25) is 9.59 Å². The van der Waals surface area contributed by atoms with Crippen molar-refractivity contribution in [2.24, 2.45) is 35.0 Å². The van der Waals surface area contributed by atoms with Crippen LogP contribution in [0.1, 0.15) is 46.0 Å². The number of fused-ring (bicyclic) bond motifs is 4. The molecule has 5 rings (SSSR count). The molecule has 4 bridgehead atoms. The summed E-state index contributed by atoms with van der Waals surface area (Å²) >= 11 is 0. The lowest BCUT2D eigenvalue weighted by atomic mass is 9.78. The van der Waals surface area contributed by atoms with Gasteiger partial charge in [0.15, 0.2) is 0 Å². The molecule has 3 fully saturated rings. The molecule has 0 aromatic carbocycles. The number of carbonyl (C=O) groups excluding carboxylic acids is 5. The summed E-state index contributed by atoms with van der Waals surface area (Å²) in [6.07, 6.45) is 18.4. The van der Waals surface area contributed by atoms with Crippen LogP contribution in [0.25, 0.3) is 0 Å². The molecule has 1 saturated heterocycles. The average molecular weight is 619 g/mol. The van der Waals surface area contributed by atoms with E-state index in [-0.39, 0.29) is 35.3 Å². The van der Waals surface area contributed by atoms with E-state index in [2.05, 4.69) is 53.4 Å². The van der Waals surface area contributed by atoms with Crippen molar-refractivity contribution in [1.29, 1.82) is 0 Å². The van der Waals surface area contributed by atoms with Crippen molar-refractivity contribution in [3.8, 4) is 12.3 Å². The molecule has 7 unspecified atom stereocenters. The highest BCUT2D eigenvalue weighted by molar-refractivity contribution is 5.89. The third-order valence-electron chi connectivity index (χ3n) is 7.95. The number of rotatable bonds is 3. The van der Waals surface area contributed by atoms with Gasteiger partial charge in [-0.05, 0) is 63.2 Å². The first-order valence-corrected chi connectivity index (χ1v) is 14.1. The monoisotopic (exact) mass is 618 g/mol. The Balaban J connectivity index is 0.000000283. The van der Waals surface area contributed by atoms with Crippen molar-refractivity contribution in [3.05, 3.63) is 48.9 Å². The fraction of sp³-hybridized carbons (Fsp3) is 0.545. The summed E-state index contributed by atoms with van der Waals surface area (Å²) in [5.74, 6) is 1.08. The number of allylic oxidation sites excluding steroid dienone is 4. The quantitative estimate of drug-likeness (QED) is 0.112. The maximum Gasteiger partial charge on any atom is 0.383 e. The van der Waals surface area contributed by atoms with Gasteiger partial charge in [0.25, 0.3) is 0 Å². The minimum absolute atomic E-state index is 0.0261. The van der Waals surface area contributed by atoms with Crippen molar-refractivity contribution in [2.75, 3.05) is 28.4 Å². The number of hydrogen-bond donors (Lipinski definition) is 0. The molecule has 4 aliphatic carbocycles. The Hall–Kier alpha value is -4.20. The summed E-state index contributed by atoms with van der Waals surface area (Å²) in [6.45, 7) is 10.1. The molecule has 5 aliphatic rings. The number of ether oxygens (including phenoxy) is 5. The van der Waals surface area contributed by atoms with Gasteiger partial charge in [0.2, 0.25) is 5.83 Å². The molecular weight excluding hydrogens is 575 g/mol. The van der Waals surface area contributed by atoms with Crippen LogP contribution < -0.4 is 0 Å². The average Bonchev–Trinajstić information content (AvgIpc) is 3.86. The van der Waals surface area contributed by atoms with Gasteiger partial charge in [0.1, 0.15) is 6.10 Å². The van der Waals surface area contributed by atoms with Crippen LogP contribution in [-0.2, 0) is 47.7 Å². The summed E-state index contributed by atoms with van der Waals surface area (Å²) in [5.41, 5.74) is 0.367. The Morgan fingerprint density at radius 3 is 1.86 bits per heavy atom. The predicted octanol–water partition coefficient (Wildman–Crippen LogP) is 4.45. The molecule has 0 radical (unpaired) electrons. The number of carbonyl (C=O) groups is 5. The van der Waals surface area contributed by atoms with Crippen molar-refractivity contribution >= 4 is 29.8 Å². The van der Waals surface area contributed by atoms with Gasteiger partial charge in [-0.25, -0.2) is 14.4 Å². The normalized spacial score (nSPS) is 29.0. The molecule has 1 heterocycles. The van der Waals surface area contributed by atoms with Crippen LogP contribution in [0.4, 0.5) is 4.39 Å². The standard InChI is InChI=1S/C10H14O2.C9H12O2.C6H8O2.C4H5FO2.C4H4O2/c1-10(9(11)12-2)6-7-3-4-8(10)5-7;1-11-9(10)8-5-6-2-3-7(8)4-6;1-4-3-5(2)8-6(4)7;1-3(5)4(6)7-2;1-3-4(5)6-2/h3-4,7-8H,5-6H2,1-2H3;2-3,6-8H,4-5H2,1H3;5H,1,3H2,2H3;1H2,2H3;1H,2H3. The molecular formula is C33H43FO10. The predicted molar refractivity (Wildman–Crippen MR) is 159 cm³/mol. The number of hydrogen-bond acceptors (Lipinski definition) is 10. The van der Waals surface area contributed by atoms with Crippen LogP contribution in [0.2, 0.25) is 0 Å². The van der Waals surface area contributed by atoms with E-state index in [0.717, 1.165) is 26.4 Å². The van der Waals surface area contributed by atoms with E-state index in [1.807, 2.05) is 13.8 Å². The fourth-order valence-corrected chi connectivity index (χ4v) is 5.67. The van der Waals surface area contributed by atoms with Crippen LogP contribution in [0.5, 0.6) is 0 Å². The molecule has 1 aliphatic heterocycles. The summed E-state index contributed by atoms with van der Waals surface area (Å²) < 4.78 is 33.6. The number of methoxy groups -OCH3 is 4. The lowest BCUT2D eigenvalue weighted by Gasteiger charge is -2.27. The zero-order valence-corrected chi connectivity index (χ0v) is 26.3. The van der Waals surface area contributed by atoms with E-state index < -0.39 is 17.8 Å². The summed E-state index contributed by atoms with van der Waals surface area (Å²) in [6, 6.07) is 0. The Morgan fingerprint density at radius 1 is 0.977 bits per heavy atom. The van der Waals surface area contributed by atoms with E-state index in [1.165, 1.54) is 27.8 Å². The lowest BCUT2D eigenvalue weighted by molar-refractivity contribution is -0.153. The number of terminal acetylenes is 1. The van der Waals surface area contributed by atoms with Crippen molar-refractivity contribution in [2.45, 2.75) is 52.1 Å². The third-order valence-corrected chi connectivity index (χ3v) is 7.95. The minimum atomic E-state index is -1.07. The number of cyclic esters (lactones) is 1. The molecule has 10 nitrogen and oxygen atoms in total. The smallest absolute Gasteiger partial charge is 0.383 e. The molecule has 0 aromatic heterocycles.